The molecule has 2 saturated heterocycles. The van der Waals surface area contributed by atoms with Gasteiger partial charge in [0.25, 0.3) is 0 Å². The van der Waals surface area contributed by atoms with E-state index in [1.165, 1.54) is 0 Å². The molecule has 2 aliphatic rings. The van der Waals surface area contributed by atoms with Gasteiger partial charge in [-0.1, -0.05) is 24.3 Å². The number of carboxylic acid groups (broad SMARTS) is 1. The lowest BCUT2D eigenvalue weighted by molar-refractivity contribution is -0.151. The monoisotopic (exact) mass is 346 g/mol. The van der Waals surface area contributed by atoms with Crippen LogP contribution in [0.5, 0.6) is 0 Å². The molecular formula is C18H22N2O5. The van der Waals surface area contributed by atoms with Crippen molar-refractivity contribution < 1.29 is 24.2 Å². The van der Waals surface area contributed by atoms with Crippen molar-refractivity contribution >= 4 is 17.8 Å². The second kappa shape index (κ2) is 7.65. The highest BCUT2D eigenvalue weighted by molar-refractivity contribution is 5.82. The van der Waals surface area contributed by atoms with Gasteiger partial charge in [0.1, 0.15) is 6.10 Å². The van der Waals surface area contributed by atoms with Gasteiger partial charge >= 0.3 is 5.97 Å². The SMILES string of the molecule is O=C(NCc1cccc(CN2CCCC2=O)c1)[C@@H]1CC[C@H](C(=O)O)O1. The average Bonchev–Trinajstić information content (AvgIpc) is 3.23. The molecule has 0 radical (unpaired) electrons. The number of carbonyl (C=O) groups excluding carboxylic acids is 2. The van der Waals surface area contributed by atoms with Gasteiger partial charge in [-0.25, -0.2) is 4.79 Å². The van der Waals surface area contributed by atoms with Gasteiger partial charge in [-0.3, -0.25) is 9.59 Å². The Hall–Kier alpha value is -2.41. The molecule has 1 aromatic rings. The summed E-state index contributed by atoms with van der Waals surface area (Å²) in [5, 5.41) is 11.7. The Labute approximate surface area is 146 Å². The van der Waals surface area contributed by atoms with E-state index in [9.17, 15) is 14.4 Å². The predicted octanol–water partition coefficient (Wildman–Crippen LogP) is 1.06. The summed E-state index contributed by atoms with van der Waals surface area (Å²) in [6.07, 6.45) is 0.706. The Kier molecular flexibility index (Phi) is 5.33. The Morgan fingerprint density at radius 3 is 2.68 bits per heavy atom. The maximum absolute atomic E-state index is 12.1. The fourth-order valence-corrected chi connectivity index (χ4v) is 3.24. The second-order valence-electron chi connectivity index (χ2n) is 6.49. The first-order valence-corrected chi connectivity index (χ1v) is 8.54. The fourth-order valence-electron chi connectivity index (χ4n) is 3.24. The van der Waals surface area contributed by atoms with Crippen molar-refractivity contribution in [2.45, 2.75) is 51.0 Å². The maximum atomic E-state index is 12.1. The number of rotatable bonds is 6. The lowest BCUT2D eigenvalue weighted by Crippen LogP contribution is -2.35. The third-order valence-electron chi connectivity index (χ3n) is 4.59. The van der Waals surface area contributed by atoms with Crippen LogP contribution in [0.15, 0.2) is 24.3 Å². The van der Waals surface area contributed by atoms with Crippen LogP contribution in [0.1, 0.15) is 36.8 Å². The highest BCUT2D eigenvalue weighted by Gasteiger charge is 2.34. The summed E-state index contributed by atoms with van der Waals surface area (Å²) in [7, 11) is 0. The van der Waals surface area contributed by atoms with Gasteiger partial charge in [0.2, 0.25) is 11.8 Å². The van der Waals surface area contributed by atoms with Crippen LogP contribution in [0.25, 0.3) is 0 Å². The zero-order valence-corrected chi connectivity index (χ0v) is 13.9. The fraction of sp³-hybridized carbons (Fsp3) is 0.500. The first kappa shape index (κ1) is 17.4. The van der Waals surface area contributed by atoms with E-state index in [0.717, 1.165) is 24.1 Å². The molecule has 3 rings (SSSR count). The van der Waals surface area contributed by atoms with Crippen molar-refractivity contribution in [2.75, 3.05) is 6.54 Å². The van der Waals surface area contributed by atoms with Gasteiger partial charge < -0.3 is 20.1 Å². The normalized spacial score (nSPS) is 23.0. The third-order valence-corrected chi connectivity index (χ3v) is 4.59. The van der Waals surface area contributed by atoms with Gasteiger partial charge in [0.05, 0.1) is 0 Å². The molecule has 0 unspecified atom stereocenters. The van der Waals surface area contributed by atoms with Crippen LogP contribution >= 0.6 is 0 Å². The van der Waals surface area contributed by atoms with Crippen molar-refractivity contribution in [3.63, 3.8) is 0 Å². The quantitative estimate of drug-likeness (QED) is 0.803. The van der Waals surface area contributed by atoms with E-state index in [-0.39, 0.29) is 11.8 Å². The van der Waals surface area contributed by atoms with Crippen molar-refractivity contribution in [1.82, 2.24) is 10.2 Å². The van der Waals surface area contributed by atoms with Crippen LogP contribution in [0.2, 0.25) is 0 Å². The number of carbonyl (C=O) groups is 3. The predicted molar refractivity (Wildman–Crippen MR) is 88.5 cm³/mol. The van der Waals surface area contributed by atoms with E-state index in [4.69, 9.17) is 9.84 Å². The van der Waals surface area contributed by atoms with Gasteiger partial charge in [-0.15, -0.1) is 0 Å². The molecule has 7 nitrogen and oxygen atoms in total. The number of hydrogen-bond acceptors (Lipinski definition) is 4. The number of benzene rings is 1. The minimum atomic E-state index is -1.03. The molecule has 0 bridgehead atoms. The first-order chi connectivity index (χ1) is 12.0. The molecule has 0 aliphatic carbocycles. The molecule has 134 valence electrons. The summed E-state index contributed by atoms with van der Waals surface area (Å²) in [5.74, 6) is -1.13. The van der Waals surface area contributed by atoms with Gasteiger partial charge in [-0.05, 0) is 30.4 Å². The number of nitrogens with one attached hydrogen (secondary N) is 1. The van der Waals surface area contributed by atoms with E-state index < -0.39 is 18.2 Å². The molecule has 2 N–H and O–H groups in total. The lowest BCUT2D eigenvalue weighted by atomic mass is 10.1. The summed E-state index contributed by atoms with van der Waals surface area (Å²) in [4.78, 5) is 36.5. The van der Waals surface area contributed by atoms with Gasteiger partial charge in [0.15, 0.2) is 6.10 Å². The van der Waals surface area contributed by atoms with Crippen molar-refractivity contribution in [1.29, 1.82) is 0 Å². The topological polar surface area (TPSA) is 95.9 Å². The molecule has 2 heterocycles. The first-order valence-electron chi connectivity index (χ1n) is 8.54. The number of ether oxygens (including phenoxy) is 1. The van der Waals surface area contributed by atoms with Gasteiger partial charge in [0, 0.05) is 26.1 Å². The molecule has 2 fully saturated rings. The van der Waals surface area contributed by atoms with Crippen LogP contribution in [0.4, 0.5) is 0 Å². The number of hydrogen-bond donors (Lipinski definition) is 2. The lowest BCUT2D eigenvalue weighted by Gasteiger charge is -2.16. The van der Waals surface area contributed by atoms with Crippen LogP contribution in [0, 0.1) is 0 Å². The summed E-state index contributed by atoms with van der Waals surface area (Å²) in [6, 6.07) is 7.75. The Balaban J connectivity index is 1.51. The van der Waals surface area contributed by atoms with E-state index >= 15 is 0 Å². The Morgan fingerprint density at radius 2 is 2.00 bits per heavy atom. The molecule has 1 aromatic carbocycles. The van der Waals surface area contributed by atoms with E-state index in [1.54, 1.807) is 0 Å². The molecular weight excluding hydrogens is 324 g/mol. The number of nitrogens with zero attached hydrogens (tertiary/aromatic N) is 1. The number of amides is 2. The van der Waals surface area contributed by atoms with E-state index in [2.05, 4.69) is 5.32 Å². The Bertz CT molecular complexity index is 675. The standard InChI is InChI=1S/C18H22N2O5/c21-16-5-2-8-20(16)11-13-4-1-3-12(9-13)10-19-17(22)14-6-7-15(25-14)18(23)24/h1,3-4,9,14-15H,2,5-8,10-11H2,(H,19,22)(H,23,24)/t14-,15+/m0/s1. The van der Waals surface area contributed by atoms with Crippen LogP contribution in [-0.4, -0.2) is 46.5 Å². The summed E-state index contributed by atoms with van der Waals surface area (Å²) < 4.78 is 5.24. The summed E-state index contributed by atoms with van der Waals surface area (Å²) in [5.41, 5.74) is 1.97. The zero-order valence-electron chi connectivity index (χ0n) is 13.9. The zero-order chi connectivity index (χ0) is 17.8. The highest BCUT2D eigenvalue weighted by Crippen LogP contribution is 2.20. The molecule has 25 heavy (non-hydrogen) atoms. The molecule has 7 heteroatoms. The maximum Gasteiger partial charge on any atom is 0.332 e. The van der Waals surface area contributed by atoms with Crippen LogP contribution < -0.4 is 5.32 Å². The molecule has 2 aliphatic heterocycles. The van der Waals surface area contributed by atoms with E-state index in [1.807, 2.05) is 29.2 Å². The third kappa shape index (κ3) is 4.36. The average molecular weight is 346 g/mol. The summed E-state index contributed by atoms with van der Waals surface area (Å²) in [6.45, 7) is 1.73. The summed E-state index contributed by atoms with van der Waals surface area (Å²) >= 11 is 0. The largest absolute Gasteiger partial charge is 0.479 e. The number of carboxylic acids is 1. The van der Waals surface area contributed by atoms with Crippen LogP contribution in [0.3, 0.4) is 0 Å². The number of likely N-dealkylation sites (tertiary alicyclic amines) is 1. The Morgan fingerprint density at radius 1 is 1.24 bits per heavy atom. The smallest absolute Gasteiger partial charge is 0.332 e. The minimum absolute atomic E-state index is 0.185. The molecule has 0 spiro atoms. The molecule has 0 aromatic heterocycles. The van der Waals surface area contributed by atoms with Gasteiger partial charge in [-0.2, -0.15) is 0 Å². The number of aliphatic carboxylic acids is 1. The van der Waals surface area contributed by atoms with Crippen molar-refractivity contribution in [3.8, 4) is 0 Å². The highest BCUT2D eigenvalue weighted by atomic mass is 16.5. The van der Waals surface area contributed by atoms with Crippen molar-refractivity contribution in [3.05, 3.63) is 35.4 Å². The minimum Gasteiger partial charge on any atom is -0.479 e. The molecule has 2 amide bonds. The molecule has 2 atom stereocenters. The van der Waals surface area contributed by atoms with Crippen LogP contribution in [-0.2, 0) is 32.2 Å². The van der Waals surface area contributed by atoms with Crippen molar-refractivity contribution in [2.24, 2.45) is 0 Å². The van der Waals surface area contributed by atoms with E-state index in [0.29, 0.717) is 32.4 Å². The molecule has 0 saturated carbocycles. The second-order valence-corrected chi connectivity index (χ2v) is 6.49.